The van der Waals surface area contributed by atoms with Crippen LogP contribution >= 0.6 is 0 Å². The number of nitrogens with zero attached hydrogens (tertiary/aromatic N) is 3. The van der Waals surface area contributed by atoms with Gasteiger partial charge in [0, 0.05) is 31.9 Å². The molecule has 0 amide bonds. The number of guanidine groups is 1. The number of aryl methyl sites for hydroxylation is 3. The van der Waals surface area contributed by atoms with Crippen LogP contribution < -0.4 is 15.4 Å². The van der Waals surface area contributed by atoms with Gasteiger partial charge < -0.3 is 20.5 Å². The highest BCUT2D eigenvalue weighted by molar-refractivity contribution is 5.79. The third-order valence-corrected chi connectivity index (χ3v) is 4.20. The average Bonchev–Trinajstić information content (AvgIpc) is 2.97. The molecule has 2 aromatic rings. The van der Waals surface area contributed by atoms with Crippen molar-refractivity contribution in [3.63, 3.8) is 0 Å². The normalized spacial score (nSPS) is 11.5. The number of benzene rings is 1. The summed E-state index contributed by atoms with van der Waals surface area (Å²) in [6.07, 6.45) is 1.75. The lowest BCUT2D eigenvalue weighted by Gasteiger charge is -2.12. The van der Waals surface area contributed by atoms with Crippen molar-refractivity contribution >= 4 is 5.96 Å². The summed E-state index contributed by atoms with van der Waals surface area (Å²) in [7, 11) is 1.55. The Kier molecular flexibility index (Phi) is 7.98. The number of phenols is 1. The molecule has 1 aromatic heterocycles. The Bertz CT molecular complexity index is 755. The van der Waals surface area contributed by atoms with E-state index in [0.29, 0.717) is 5.75 Å². The Morgan fingerprint density at radius 2 is 2.07 bits per heavy atom. The van der Waals surface area contributed by atoms with Gasteiger partial charge in [-0.05, 0) is 57.4 Å². The smallest absolute Gasteiger partial charge is 0.191 e. The van der Waals surface area contributed by atoms with Gasteiger partial charge in [-0.25, -0.2) is 0 Å². The van der Waals surface area contributed by atoms with Gasteiger partial charge in [0.05, 0.1) is 12.8 Å². The second kappa shape index (κ2) is 10.4. The Hall–Kier alpha value is -2.70. The van der Waals surface area contributed by atoms with Gasteiger partial charge in [-0.15, -0.1) is 0 Å². The van der Waals surface area contributed by atoms with E-state index in [1.54, 1.807) is 13.2 Å². The van der Waals surface area contributed by atoms with Crippen molar-refractivity contribution in [2.75, 3.05) is 26.7 Å². The van der Waals surface area contributed by atoms with E-state index in [0.717, 1.165) is 56.2 Å². The van der Waals surface area contributed by atoms with Crippen LogP contribution in [0.4, 0.5) is 0 Å². The van der Waals surface area contributed by atoms with Crippen molar-refractivity contribution in [3.8, 4) is 11.5 Å². The molecule has 27 heavy (non-hydrogen) atoms. The van der Waals surface area contributed by atoms with Crippen molar-refractivity contribution in [3.05, 3.63) is 41.2 Å². The van der Waals surface area contributed by atoms with E-state index in [1.807, 2.05) is 23.7 Å². The molecule has 0 atom stereocenters. The zero-order valence-corrected chi connectivity index (χ0v) is 16.7. The number of aromatic nitrogens is 2. The summed E-state index contributed by atoms with van der Waals surface area (Å²) in [6, 6.07) is 7.51. The second-order valence-corrected chi connectivity index (χ2v) is 6.45. The zero-order valence-electron chi connectivity index (χ0n) is 16.7. The number of phenolic OH excluding ortho intramolecular Hbond substituents is 1. The molecule has 0 bridgehead atoms. The summed E-state index contributed by atoms with van der Waals surface area (Å²) in [6.45, 7) is 9.31. The molecule has 7 heteroatoms. The predicted molar refractivity (Wildman–Crippen MR) is 109 cm³/mol. The van der Waals surface area contributed by atoms with Crippen molar-refractivity contribution in [1.29, 1.82) is 0 Å². The number of nitrogens with one attached hydrogen (secondary N) is 2. The summed E-state index contributed by atoms with van der Waals surface area (Å²) in [5.41, 5.74) is 3.33. The van der Waals surface area contributed by atoms with Crippen LogP contribution in [0.1, 0.15) is 30.3 Å². The minimum Gasteiger partial charge on any atom is -0.504 e. The van der Waals surface area contributed by atoms with Crippen LogP contribution in [0.15, 0.2) is 29.3 Å². The van der Waals surface area contributed by atoms with E-state index in [4.69, 9.17) is 4.74 Å². The molecule has 0 radical (unpaired) electrons. The van der Waals surface area contributed by atoms with Crippen LogP contribution in [0, 0.1) is 13.8 Å². The first-order chi connectivity index (χ1) is 13.0. The number of hydrogen-bond acceptors (Lipinski definition) is 4. The number of rotatable bonds is 9. The first-order valence-corrected chi connectivity index (χ1v) is 9.42. The predicted octanol–water partition coefficient (Wildman–Crippen LogP) is 2.40. The molecule has 2 rings (SSSR count). The summed E-state index contributed by atoms with van der Waals surface area (Å²) in [5, 5.41) is 20.8. The SMILES string of the molecule is CCNC(=NCCCn1nc(C)cc1C)NCCc1ccc(O)c(OC)c1. The third-order valence-electron chi connectivity index (χ3n) is 4.20. The highest BCUT2D eigenvalue weighted by Gasteiger charge is 2.04. The molecule has 0 unspecified atom stereocenters. The fourth-order valence-electron chi connectivity index (χ4n) is 2.86. The number of aromatic hydroxyl groups is 1. The molecule has 1 heterocycles. The zero-order chi connectivity index (χ0) is 19.6. The molecule has 0 spiro atoms. The lowest BCUT2D eigenvalue weighted by atomic mass is 10.1. The fraction of sp³-hybridized carbons (Fsp3) is 0.500. The highest BCUT2D eigenvalue weighted by Crippen LogP contribution is 2.26. The van der Waals surface area contributed by atoms with E-state index in [1.165, 1.54) is 5.69 Å². The molecular formula is C20H31N5O2. The summed E-state index contributed by atoms with van der Waals surface area (Å²) in [5.74, 6) is 1.47. The van der Waals surface area contributed by atoms with E-state index >= 15 is 0 Å². The van der Waals surface area contributed by atoms with Gasteiger partial charge in [0.2, 0.25) is 0 Å². The molecule has 0 aliphatic carbocycles. The molecule has 0 saturated carbocycles. The Balaban J connectivity index is 1.80. The second-order valence-electron chi connectivity index (χ2n) is 6.45. The Morgan fingerprint density at radius 3 is 2.74 bits per heavy atom. The number of methoxy groups -OCH3 is 1. The summed E-state index contributed by atoms with van der Waals surface area (Å²) in [4.78, 5) is 4.63. The van der Waals surface area contributed by atoms with Crippen LogP contribution in [0.25, 0.3) is 0 Å². The Labute approximate surface area is 161 Å². The maximum absolute atomic E-state index is 9.66. The molecule has 0 fully saturated rings. The van der Waals surface area contributed by atoms with Crippen molar-refractivity contribution in [2.24, 2.45) is 4.99 Å². The first kappa shape index (κ1) is 20.6. The number of hydrogen-bond donors (Lipinski definition) is 3. The molecule has 7 nitrogen and oxygen atoms in total. The quantitative estimate of drug-likeness (QED) is 0.357. The van der Waals surface area contributed by atoms with Crippen LogP contribution in [-0.2, 0) is 13.0 Å². The molecule has 1 aromatic carbocycles. The van der Waals surface area contributed by atoms with Gasteiger partial charge in [-0.1, -0.05) is 6.07 Å². The van der Waals surface area contributed by atoms with Crippen LogP contribution in [-0.4, -0.2) is 47.6 Å². The molecule has 0 aliphatic heterocycles. The van der Waals surface area contributed by atoms with Gasteiger partial charge in [-0.2, -0.15) is 5.10 Å². The first-order valence-electron chi connectivity index (χ1n) is 9.42. The van der Waals surface area contributed by atoms with Crippen LogP contribution in [0.3, 0.4) is 0 Å². The standard InChI is InChI=1S/C20H31N5O2/c1-5-21-20(22-10-6-12-25-16(3)13-15(2)24-25)23-11-9-17-7-8-18(26)19(14-17)27-4/h7-8,13-14,26H,5-6,9-12H2,1-4H3,(H2,21,22,23). The van der Waals surface area contributed by atoms with Gasteiger partial charge >= 0.3 is 0 Å². The molecule has 0 saturated heterocycles. The summed E-state index contributed by atoms with van der Waals surface area (Å²) >= 11 is 0. The van der Waals surface area contributed by atoms with Gasteiger partial charge in [-0.3, -0.25) is 9.67 Å². The van der Waals surface area contributed by atoms with Crippen LogP contribution in [0.2, 0.25) is 0 Å². The van der Waals surface area contributed by atoms with E-state index in [2.05, 4.69) is 40.6 Å². The van der Waals surface area contributed by atoms with E-state index in [-0.39, 0.29) is 5.75 Å². The topological polar surface area (TPSA) is 83.7 Å². The minimum atomic E-state index is 0.159. The molecular weight excluding hydrogens is 342 g/mol. The summed E-state index contributed by atoms with van der Waals surface area (Å²) < 4.78 is 7.18. The lowest BCUT2D eigenvalue weighted by Crippen LogP contribution is -2.38. The minimum absolute atomic E-state index is 0.159. The maximum Gasteiger partial charge on any atom is 0.191 e. The highest BCUT2D eigenvalue weighted by atomic mass is 16.5. The van der Waals surface area contributed by atoms with Crippen molar-refractivity contribution < 1.29 is 9.84 Å². The van der Waals surface area contributed by atoms with Gasteiger partial charge in [0.25, 0.3) is 0 Å². The number of aliphatic imine (C=N–C) groups is 1. The third kappa shape index (κ3) is 6.51. The largest absolute Gasteiger partial charge is 0.504 e. The molecule has 0 aliphatic rings. The average molecular weight is 374 g/mol. The monoisotopic (exact) mass is 373 g/mol. The van der Waals surface area contributed by atoms with Crippen molar-refractivity contribution in [2.45, 2.75) is 40.2 Å². The van der Waals surface area contributed by atoms with Crippen molar-refractivity contribution in [1.82, 2.24) is 20.4 Å². The van der Waals surface area contributed by atoms with Crippen LogP contribution in [0.5, 0.6) is 11.5 Å². The lowest BCUT2D eigenvalue weighted by molar-refractivity contribution is 0.373. The molecule has 3 N–H and O–H groups in total. The Morgan fingerprint density at radius 1 is 1.26 bits per heavy atom. The van der Waals surface area contributed by atoms with Gasteiger partial charge in [0.1, 0.15) is 0 Å². The van der Waals surface area contributed by atoms with E-state index in [9.17, 15) is 5.11 Å². The van der Waals surface area contributed by atoms with E-state index < -0.39 is 0 Å². The number of ether oxygens (including phenoxy) is 1. The maximum atomic E-state index is 9.66. The fourth-order valence-corrected chi connectivity index (χ4v) is 2.86. The van der Waals surface area contributed by atoms with Gasteiger partial charge in [0.15, 0.2) is 17.5 Å². The molecule has 148 valence electrons.